The second-order valence-electron chi connectivity index (χ2n) is 4.80. The predicted molar refractivity (Wildman–Crippen MR) is 72.5 cm³/mol. The largest absolute Gasteiger partial charge is 0.481 e. The van der Waals surface area contributed by atoms with Crippen LogP contribution in [-0.2, 0) is 16.1 Å². The fourth-order valence-electron chi connectivity index (χ4n) is 1.71. The Labute approximate surface area is 121 Å². The molecular formula is C12H18N4O5. The summed E-state index contributed by atoms with van der Waals surface area (Å²) in [6.45, 7) is 2.27. The van der Waals surface area contributed by atoms with Crippen LogP contribution < -0.4 is 5.32 Å². The summed E-state index contributed by atoms with van der Waals surface area (Å²) < 4.78 is 1.20. The molecule has 0 aliphatic heterocycles. The van der Waals surface area contributed by atoms with Gasteiger partial charge in [-0.15, -0.1) is 0 Å². The van der Waals surface area contributed by atoms with Crippen LogP contribution in [0.5, 0.6) is 0 Å². The Balaban J connectivity index is 2.24. The van der Waals surface area contributed by atoms with Crippen molar-refractivity contribution in [2.45, 2.75) is 32.7 Å². The van der Waals surface area contributed by atoms with E-state index in [0.29, 0.717) is 19.4 Å². The molecule has 0 saturated carbocycles. The van der Waals surface area contributed by atoms with Crippen LogP contribution in [0.3, 0.4) is 0 Å². The van der Waals surface area contributed by atoms with Gasteiger partial charge >= 0.3 is 11.8 Å². The Morgan fingerprint density at radius 1 is 1.52 bits per heavy atom. The molecule has 21 heavy (non-hydrogen) atoms. The van der Waals surface area contributed by atoms with Gasteiger partial charge in [-0.3, -0.25) is 9.59 Å². The quantitative estimate of drug-likeness (QED) is 0.512. The molecule has 9 nitrogen and oxygen atoms in total. The molecule has 1 atom stereocenters. The first-order valence-corrected chi connectivity index (χ1v) is 6.55. The second-order valence-corrected chi connectivity index (χ2v) is 4.80. The maximum Gasteiger partial charge on any atom is 0.389 e. The highest BCUT2D eigenvalue weighted by Crippen LogP contribution is 2.09. The van der Waals surface area contributed by atoms with E-state index in [2.05, 4.69) is 10.4 Å². The highest BCUT2D eigenvalue weighted by Gasteiger charge is 2.13. The Bertz CT molecular complexity index is 514. The van der Waals surface area contributed by atoms with E-state index in [-0.39, 0.29) is 30.6 Å². The van der Waals surface area contributed by atoms with Gasteiger partial charge in [-0.05, 0) is 23.7 Å². The van der Waals surface area contributed by atoms with Crippen molar-refractivity contribution in [1.29, 1.82) is 0 Å². The summed E-state index contributed by atoms with van der Waals surface area (Å²) in [5.74, 6) is -1.22. The van der Waals surface area contributed by atoms with Crippen molar-refractivity contribution in [3.63, 3.8) is 0 Å². The molecule has 1 rings (SSSR count). The number of aliphatic carboxylic acids is 1. The Kier molecular flexibility index (Phi) is 6.31. The molecule has 0 aliphatic rings. The summed E-state index contributed by atoms with van der Waals surface area (Å²) in [5.41, 5.74) is 0. The molecule has 0 radical (unpaired) electrons. The summed E-state index contributed by atoms with van der Waals surface area (Å²) in [4.78, 5) is 31.8. The van der Waals surface area contributed by atoms with Crippen molar-refractivity contribution in [3.8, 4) is 0 Å². The summed E-state index contributed by atoms with van der Waals surface area (Å²) in [7, 11) is 0. The van der Waals surface area contributed by atoms with E-state index in [4.69, 9.17) is 5.11 Å². The van der Waals surface area contributed by atoms with Crippen LogP contribution in [0.1, 0.15) is 26.2 Å². The normalized spacial score (nSPS) is 11.9. The van der Waals surface area contributed by atoms with Crippen molar-refractivity contribution >= 4 is 17.7 Å². The summed E-state index contributed by atoms with van der Waals surface area (Å²) in [6, 6.07) is 1.22. The maximum absolute atomic E-state index is 11.6. The number of nitrogens with zero attached hydrogens (tertiary/aromatic N) is 3. The fourth-order valence-corrected chi connectivity index (χ4v) is 1.71. The number of hydrogen-bond donors (Lipinski definition) is 2. The SMILES string of the molecule is CC(CCNC(=O)Cn1ccc([N+](=O)[O-])n1)CCC(=O)O. The molecule has 9 heteroatoms. The third kappa shape index (κ3) is 6.50. The van der Waals surface area contributed by atoms with Gasteiger partial charge in [-0.1, -0.05) is 6.92 Å². The smallest absolute Gasteiger partial charge is 0.389 e. The van der Waals surface area contributed by atoms with Gasteiger partial charge in [0.05, 0.1) is 17.4 Å². The minimum atomic E-state index is -0.828. The highest BCUT2D eigenvalue weighted by molar-refractivity contribution is 5.75. The molecular weight excluding hydrogens is 280 g/mol. The zero-order valence-corrected chi connectivity index (χ0v) is 11.7. The van der Waals surface area contributed by atoms with Crippen LogP contribution >= 0.6 is 0 Å². The van der Waals surface area contributed by atoms with E-state index in [1.165, 1.54) is 16.9 Å². The van der Waals surface area contributed by atoms with E-state index >= 15 is 0 Å². The van der Waals surface area contributed by atoms with Crippen molar-refractivity contribution in [3.05, 3.63) is 22.4 Å². The first-order chi connectivity index (χ1) is 9.88. The lowest BCUT2D eigenvalue weighted by atomic mass is 10.0. The van der Waals surface area contributed by atoms with Crippen LogP contribution in [0.2, 0.25) is 0 Å². The lowest BCUT2D eigenvalue weighted by molar-refractivity contribution is -0.389. The maximum atomic E-state index is 11.6. The van der Waals surface area contributed by atoms with Crippen LogP contribution in [0.4, 0.5) is 5.82 Å². The lowest BCUT2D eigenvalue weighted by Crippen LogP contribution is -2.29. The summed E-state index contributed by atoms with van der Waals surface area (Å²) in [6.07, 6.45) is 2.73. The Morgan fingerprint density at radius 3 is 2.81 bits per heavy atom. The Hall–Kier alpha value is -2.45. The molecule has 0 bridgehead atoms. The zero-order valence-electron chi connectivity index (χ0n) is 11.7. The molecule has 116 valence electrons. The molecule has 1 heterocycles. The van der Waals surface area contributed by atoms with Crippen molar-refractivity contribution < 1.29 is 19.6 Å². The van der Waals surface area contributed by atoms with Crippen LogP contribution in [-0.4, -0.2) is 38.2 Å². The van der Waals surface area contributed by atoms with Gasteiger partial charge in [-0.25, -0.2) is 0 Å². The number of carbonyl (C=O) groups is 2. The number of nitrogens with one attached hydrogen (secondary N) is 1. The summed E-state index contributed by atoms with van der Waals surface area (Å²) >= 11 is 0. The number of hydrogen-bond acceptors (Lipinski definition) is 5. The zero-order chi connectivity index (χ0) is 15.8. The number of aromatic nitrogens is 2. The third-order valence-electron chi connectivity index (χ3n) is 2.93. The molecule has 0 saturated heterocycles. The van der Waals surface area contributed by atoms with Crippen LogP contribution in [0, 0.1) is 16.0 Å². The highest BCUT2D eigenvalue weighted by atomic mass is 16.6. The van der Waals surface area contributed by atoms with Gasteiger partial charge in [0.1, 0.15) is 6.54 Å². The molecule has 1 unspecified atom stereocenters. The number of carboxylic acid groups (broad SMARTS) is 1. The molecule has 1 aromatic heterocycles. The minimum Gasteiger partial charge on any atom is -0.481 e. The second kappa shape index (κ2) is 7.98. The van der Waals surface area contributed by atoms with E-state index in [1.807, 2.05) is 6.92 Å². The number of amides is 1. The van der Waals surface area contributed by atoms with Crippen LogP contribution in [0.25, 0.3) is 0 Å². The first-order valence-electron chi connectivity index (χ1n) is 6.55. The van der Waals surface area contributed by atoms with Crippen LogP contribution in [0.15, 0.2) is 12.3 Å². The fraction of sp³-hybridized carbons (Fsp3) is 0.583. The monoisotopic (exact) mass is 298 g/mol. The molecule has 0 aliphatic carbocycles. The molecule has 2 N–H and O–H groups in total. The average molecular weight is 298 g/mol. The summed E-state index contributed by atoms with van der Waals surface area (Å²) in [5, 5.41) is 25.3. The number of nitro groups is 1. The topological polar surface area (TPSA) is 127 Å². The number of carbonyl (C=O) groups excluding carboxylic acids is 1. The van der Waals surface area contributed by atoms with Gasteiger partial charge in [0.25, 0.3) is 0 Å². The minimum absolute atomic E-state index is 0.0860. The van der Waals surface area contributed by atoms with Gasteiger partial charge in [0, 0.05) is 13.0 Å². The lowest BCUT2D eigenvalue weighted by Gasteiger charge is -2.10. The number of rotatable bonds is 9. The van der Waals surface area contributed by atoms with E-state index in [0.717, 1.165) is 0 Å². The predicted octanol–water partition coefficient (Wildman–Crippen LogP) is 0.798. The van der Waals surface area contributed by atoms with Crippen molar-refractivity contribution in [1.82, 2.24) is 15.1 Å². The first kappa shape index (κ1) is 16.6. The van der Waals surface area contributed by atoms with Crippen molar-refractivity contribution in [2.24, 2.45) is 5.92 Å². The van der Waals surface area contributed by atoms with E-state index in [9.17, 15) is 19.7 Å². The van der Waals surface area contributed by atoms with Gasteiger partial charge in [0.15, 0.2) is 0 Å². The third-order valence-corrected chi connectivity index (χ3v) is 2.93. The molecule has 0 fully saturated rings. The molecule has 0 spiro atoms. The van der Waals surface area contributed by atoms with E-state index in [1.54, 1.807) is 0 Å². The average Bonchev–Trinajstić information content (AvgIpc) is 2.85. The van der Waals surface area contributed by atoms with Gasteiger partial charge in [-0.2, -0.15) is 4.68 Å². The van der Waals surface area contributed by atoms with Crippen molar-refractivity contribution in [2.75, 3.05) is 6.54 Å². The van der Waals surface area contributed by atoms with E-state index < -0.39 is 10.9 Å². The number of carboxylic acids is 1. The Morgan fingerprint density at radius 2 is 2.24 bits per heavy atom. The standard InChI is InChI=1S/C12H18N4O5/c1-9(2-3-12(18)19)4-6-13-11(17)8-15-7-5-10(14-15)16(20)21/h5,7,9H,2-4,6,8H2,1H3,(H,13,17)(H,18,19). The molecule has 1 amide bonds. The molecule has 0 aromatic carbocycles. The van der Waals surface area contributed by atoms with Gasteiger partial charge in [0.2, 0.25) is 5.91 Å². The van der Waals surface area contributed by atoms with Gasteiger partial charge < -0.3 is 20.5 Å². The molecule has 1 aromatic rings.